The van der Waals surface area contributed by atoms with Gasteiger partial charge in [-0.1, -0.05) is 0 Å². The minimum Gasteiger partial charge on any atom is -0.450 e. The summed E-state index contributed by atoms with van der Waals surface area (Å²) in [5, 5.41) is 2.85. The SMILES string of the molecule is CCOC(=O)N1CCC(NC(=O)Cn2cnc(S(=O)(=O)N3CCOCC3)c2)CC1. The topological polar surface area (TPSA) is 123 Å². The third-order valence-electron chi connectivity index (χ3n) is 4.90. The number of sulfonamides is 1. The number of nitrogens with zero attached hydrogens (tertiary/aromatic N) is 4. The van der Waals surface area contributed by atoms with E-state index in [0.29, 0.717) is 58.8 Å². The molecule has 0 atom stereocenters. The molecule has 29 heavy (non-hydrogen) atoms. The van der Waals surface area contributed by atoms with Crippen LogP contribution in [0.15, 0.2) is 17.6 Å². The highest BCUT2D eigenvalue weighted by Gasteiger charge is 2.29. The Morgan fingerprint density at radius 2 is 1.93 bits per heavy atom. The van der Waals surface area contributed by atoms with E-state index in [0.717, 1.165) is 0 Å². The van der Waals surface area contributed by atoms with Crippen LogP contribution in [0, 0.1) is 0 Å². The van der Waals surface area contributed by atoms with Gasteiger partial charge in [0, 0.05) is 38.4 Å². The van der Waals surface area contributed by atoms with Gasteiger partial charge in [-0.25, -0.2) is 18.2 Å². The smallest absolute Gasteiger partial charge is 0.409 e. The summed E-state index contributed by atoms with van der Waals surface area (Å²) >= 11 is 0. The number of carbonyl (C=O) groups is 2. The van der Waals surface area contributed by atoms with Gasteiger partial charge in [-0.3, -0.25) is 4.79 Å². The first-order valence-electron chi connectivity index (χ1n) is 9.71. The quantitative estimate of drug-likeness (QED) is 0.655. The van der Waals surface area contributed by atoms with Crippen LogP contribution in [0.4, 0.5) is 4.79 Å². The number of carbonyl (C=O) groups excluding carboxylic acids is 2. The van der Waals surface area contributed by atoms with Gasteiger partial charge in [-0.2, -0.15) is 4.31 Å². The number of hydrogen-bond acceptors (Lipinski definition) is 7. The number of likely N-dealkylation sites (tertiary alicyclic amines) is 1. The molecule has 0 spiro atoms. The lowest BCUT2D eigenvalue weighted by molar-refractivity contribution is -0.122. The van der Waals surface area contributed by atoms with Crippen LogP contribution in [-0.2, 0) is 30.8 Å². The van der Waals surface area contributed by atoms with Crippen LogP contribution in [0.25, 0.3) is 0 Å². The molecule has 1 aromatic heterocycles. The predicted octanol–water partition coefficient (Wildman–Crippen LogP) is -0.359. The standard InChI is InChI=1S/C17H27N5O6S/c1-2-28-17(24)21-5-3-14(4-6-21)19-15(23)11-20-12-16(18-13-20)29(25,26)22-7-9-27-10-8-22/h12-14H,2-11H2,1H3,(H,19,23). The summed E-state index contributed by atoms with van der Waals surface area (Å²) in [5.74, 6) is -0.229. The summed E-state index contributed by atoms with van der Waals surface area (Å²) in [7, 11) is -3.68. The summed E-state index contributed by atoms with van der Waals surface area (Å²) in [4.78, 5) is 29.6. The maximum Gasteiger partial charge on any atom is 0.409 e. The highest BCUT2D eigenvalue weighted by atomic mass is 32.2. The van der Waals surface area contributed by atoms with E-state index < -0.39 is 10.0 Å². The second-order valence-electron chi connectivity index (χ2n) is 6.93. The molecule has 2 aliphatic rings. The highest BCUT2D eigenvalue weighted by molar-refractivity contribution is 7.89. The maximum absolute atomic E-state index is 12.6. The highest BCUT2D eigenvalue weighted by Crippen LogP contribution is 2.15. The maximum atomic E-state index is 12.6. The molecule has 0 aliphatic carbocycles. The van der Waals surface area contributed by atoms with Crippen molar-refractivity contribution in [2.75, 3.05) is 46.0 Å². The van der Waals surface area contributed by atoms with E-state index >= 15 is 0 Å². The molecule has 0 saturated carbocycles. The number of amides is 2. The van der Waals surface area contributed by atoms with Gasteiger partial charge in [-0.15, -0.1) is 0 Å². The molecule has 2 amide bonds. The molecule has 0 radical (unpaired) electrons. The normalized spacial score (nSPS) is 19.1. The number of piperidine rings is 1. The van der Waals surface area contributed by atoms with Crippen LogP contribution in [0.5, 0.6) is 0 Å². The lowest BCUT2D eigenvalue weighted by Gasteiger charge is -2.31. The van der Waals surface area contributed by atoms with Gasteiger partial charge in [0.05, 0.1) is 26.1 Å². The van der Waals surface area contributed by atoms with Crippen molar-refractivity contribution in [2.45, 2.75) is 37.4 Å². The largest absolute Gasteiger partial charge is 0.450 e. The van der Waals surface area contributed by atoms with E-state index in [2.05, 4.69) is 10.3 Å². The fourth-order valence-electron chi connectivity index (χ4n) is 3.34. The monoisotopic (exact) mass is 429 g/mol. The summed E-state index contributed by atoms with van der Waals surface area (Å²) in [5.41, 5.74) is 0. The third-order valence-corrected chi connectivity index (χ3v) is 6.68. The Balaban J connectivity index is 1.49. The molecule has 0 bridgehead atoms. The van der Waals surface area contributed by atoms with Crippen LogP contribution >= 0.6 is 0 Å². The Bertz CT molecular complexity index is 812. The number of morpholine rings is 1. The van der Waals surface area contributed by atoms with Crippen molar-refractivity contribution in [1.29, 1.82) is 0 Å². The fourth-order valence-corrected chi connectivity index (χ4v) is 4.68. The Morgan fingerprint density at radius 3 is 2.59 bits per heavy atom. The number of ether oxygens (including phenoxy) is 2. The summed E-state index contributed by atoms with van der Waals surface area (Å²) in [6.07, 6.45) is 3.67. The van der Waals surface area contributed by atoms with Crippen molar-refractivity contribution in [3.8, 4) is 0 Å². The average molecular weight is 429 g/mol. The van der Waals surface area contributed by atoms with E-state index in [1.54, 1.807) is 11.8 Å². The van der Waals surface area contributed by atoms with Crippen molar-refractivity contribution in [2.24, 2.45) is 0 Å². The molecular formula is C17H27N5O6S. The third kappa shape index (κ3) is 5.46. The molecule has 2 fully saturated rings. The average Bonchev–Trinajstić information content (AvgIpc) is 3.18. The first-order chi connectivity index (χ1) is 13.9. The second kappa shape index (κ2) is 9.55. The first-order valence-corrected chi connectivity index (χ1v) is 11.1. The van der Waals surface area contributed by atoms with Gasteiger partial charge in [-0.05, 0) is 19.8 Å². The van der Waals surface area contributed by atoms with Crippen LogP contribution in [0.3, 0.4) is 0 Å². The molecule has 0 unspecified atom stereocenters. The zero-order valence-corrected chi connectivity index (χ0v) is 17.3. The van der Waals surface area contributed by atoms with Crippen LogP contribution in [0.2, 0.25) is 0 Å². The Kier molecular flexibility index (Phi) is 7.09. The van der Waals surface area contributed by atoms with E-state index in [1.165, 1.54) is 21.4 Å². The molecule has 11 nitrogen and oxygen atoms in total. The van der Waals surface area contributed by atoms with Crippen molar-refractivity contribution >= 4 is 22.0 Å². The van der Waals surface area contributed by atoms with Crippen molar-refractivity contribution in [3.05, 3.63) is 12.5 Å². The molecule has 3 heterocycles. The minimum atomic E-state index is -3.68. The first kappa shape index (κ1) is 21.5. The zero-order valence-electron chi connectivity index (χ0n) is 16.4. The van der Waals surface area contributed by atoms with Gasteiger partial charge in [0.25, 0.3) is 10.0 Å². The number of hydrogen-bond donors (Lipinski definition) is 1. The number of rotatable bonds is 6. The van der Waals surface area contributed by atoms with Gasteiger partial charge >= 0.3 is 6.09 Å². The Morgan fingerprint density at radius 1 is 1.24 bits per heavy atom. The Hall–Kier alpha value is -2.18. The van der Waals surface area contributed by atoms with Gasteiger partial charge in [0.15, 0.2) is 5.03 Å². The summed E-state index contributed by atoms with van der Waals surface area (Å²) in [6.45, 7) is 4.43. The van der Waals surface area contributed by atoms with E-state index in [4.69, 9.17) is 9.47 Å². The summed E-state index contributed by atoms with van der Waals surface area (Å²) < 4.78 is 38.1. The lowest BCUT2D eigenvalue weighted by Crippen LogP contribution is -2.47. The molecule has 162 valence electrons. The van der Waals surface area contributed by atoms with Crippen molar-refractivity contribution in [1.82, 2.24) is 24.1 Å². The fraction of sp³-hybridized carbons (Fsp3) is 0.706. The van der Waals surface area contributed by atoms with E-state index in [9.17, 15) is 18.0 Å². The molecular weight excluding hydrogens is 402 g/mol. The van der Waals surface area contributed by atoms with Crippen molar-refractivity contribution in [3.63, 3.8) is 0 Å². The van der Waals surface area contributed by atoms with E-state index in [1.807, 2.05) is 0 Å². The van der Waals surface area contributed by atoms with Crippen LogP contribution in [-0.4, -0.2) is 91.2 Å². The molecule has 2 aliphatic heterocycles. The van der Waals surface area contributed by atoms with Crippen LogP contribution < -0.4 is 5.32 Å². The minimum absolute atomic E-state index is 0.0241. The zero-order chi connectivity index (χ0) is 20.9. The predicted molar refractivity (Wildman–Crippen MR) is 102 cm³/mol. The van der Waals surface area contributed by atoms with E-state index in [-0.39, 0.29) is 29.6 Å². The van der Waals surface area contributed by atoms with Gasteiger partial charge in [0.2, 0.25) is 5.91 Å². The molecule has 0 aromatic carbocycles. The second-order valence-corrected chi connectivity index (χ2v) is 8.81. The molecule has 12 heteroatoms. The van der Waals surface area contributed by atoms with Crippen molar-refractivity contribution < 1.29 is 27.5 Å². The number of imidazole rings is 1. The number of nitrogens with one attached hydrogen (secondary N) is 1. The van der Waals surface area contributed by atoms with Crippen LogP contribution in [0.1, 0.15) is 19.8 Å². The lowest BCUT2D eigenvalue weighted by atomic mass is 10.1. The number of aromatic nitrogens is 2. The molecule has 2 saturated heterocycles. The Labute approximate surface area is 170 Å². The molecule has 1 aromatic rings. The molecule has 3 rings (SSSR count). The van der Waals surface area contributed by atoms with Gasteiger partial charge in [0.1, 0.15) is 6.54 Å². The molecule has 1 N–H and O–H groups in total. The van der Waals surface area contributed by atoms with Gasteiger partial charge < -0.3 is 24.3 Å². The summed E-state index contributed by atoms with van der Waals surface area (Å²) in [6, 6.07) is -0.0340.